The lowest BCUT2D eigenvalue weighted by atomic mass is 10.1. The highest BCUT2D eigenvalue weighted by Crippen LogP contribution is 2.21. The van der Waals surface area contributed by atoms with Crippen molar-refractivity contribution >= 4 is 5.91 Å². The van der Waals surface area contributed by atoms with E-state index in [1.54, 1.807) is 12.1 Å². The second-order valence-corrected chi connectivity index (χ2v) is 4.86. The van der Waals surface area contributed by atoms with Gasteiger partial charge in [-0.25, -0.2) is 0 Å². The maximum atomic E-state index is 12.4. The van der Waals surface area contributed by atoms with E-state index in [4.69, 9.17) is 10.3 Å². The first-order chi connectivity index (χ1) is 9.79. The molecule has 1 aromatic heterocycles. The highest BCUT2D eigenvalue weighted by atomic mass is 16.5. The van der Waals surface area contributed by atoms with Gasteiger partial charge in [0.15, 0.2) is 0 Å². The van der Waals surface area contributed by atoms with Gasteiger partial charge in [0.1, 0.15) is 0 Å². The molecule has 0 spiro atoms. The van der Waals surface area contributed by atoms with Crippen molar-refractivity contribution < 1.29 is 9.32 Å². The molecule has 1 aliphatic rings. The minimum Gasteiger partial charge on any atom is -0.342 e. The number of carbonyl (C=O) groups is 1. The summed E-state index contributed by atoms with van der Waals surface area (Å²) in [6.45, 7) is 1.31. The Morgan fingerprint density at radius 3 is 2.85 bits per heavy atom. The van der Waals surface area contributed by atoms with Crippen molar-refractivity contribution in [3.63, 3.8) is 0 Å². The smallest absolute Gasteiger partial charge is 0.254 e. The summed E-state index contributed by atoms with van der Waals surface area (Å²) in [5.41, 5.74) is 7.20. The number of rotatable bonds is 3. The van der Waals surface area contributed by atoms with Crippen LogP contribution in [0.3, 0.4) is 0 Å². The SMILES string of the molecule is NC[C@@H]1CCCN1C(=O)c1ccc(-c2ncon2)cc1. The molecule has 20 heavy (non-hydrogen) atoms. The average Bonchev–Trinajstić information content (AvgIpc) is 3.17. The number of hydrogen-bond donors (Lipinski definition) is 1. The fraction of sp³-hybridized carbons (Fsp3) is 0.357. The largest absolute Gasteiger partial charge is 0.342 e. The molecule has 1 atom stereocenters. The average molecular weight is 272 g/mol. The van der Waals surface area contributed by atoms with Crippen LogP contribution in [-0.2, 0) is 0 Å². The Labute approximate surface area is 116 Å². The zero-order valence-electron chi connectivity index (χ0n) is 11.0. The minimum atomic E-state index is 0.0395. The number of nitrogens with zero attached hydrogens (tertiary/aromatic N) is 3. The lowest BCUT2D eigenvalue weighted by Crippen LogP contribution is -2.39. The Balaban J connectivity index is 1.79. The normalized spacial score (nSPS) is 18.4. The van der Waals surface area contributed by atoms with E-state index >= 15 is 0 Å². The quantitative estimate of drug-likeness (QED) is 0.910. The summed E-state index contributed by atoms with van der Waals surface area (Å²) < 4.78 is 4.71. The molecule has 1 fully saturated rings. The molecule has 104 valence electrons. The van der Waals surface area contributed by atoms with Crippen LogP contribution >= 0.6 is 0 Å². The number of hydrogen-bond acceptors (Lipinski definition) is 5. The molecular weight excluding hydrogens is 256 g/mol. The first-order valence-corrected chi connectivity index (χ1v) is 6.67. The third kappa shape index (κ3) is 2.30. The Hall–Kier alpha value is -2.21. The predicted octanol–water partition coefficient (Wildman–Crippen LogP) is 1.30. The van der Waals surface area contributed by atoms with Crippen LogP contribution in [-0.4, -0.2) is 40.1 Å². The van der Waals surface area contributed by atoms with Gasteiger partial charge in [0.25, 0.3) is 5.91 Å². The number of carbonyl (C=O) groups excluding carboxylic acids is 1. The highest BCUT2D eigenvalue weighted by Gasteiger charge is 2.28. The number of nitrogens with two attached hydrogens (primary N) is 1. The Bertz CT molecular complexity index is 580. The predicted molar refractivity (Wildman–Crippen MR) is 72.8 cm³/mol. The number of aromatic nitrogens is 2. The van der Waals surface area contributed by atoms with Crippen LogP contribution in [0.2, 0.25) is 0 Å². The van der Waals surface area contributed by atoms with Crippen LogP contribution < -0.4 is 5.73 Å². The van der Waals surface area contributed by atoms with Gasteiger partial charge in [0.05, 0.1) is 0 Å². The summed E-state index contributed by atoms with van der Waals surface area (Å²) in [6.07, 6.45) is 3.29. The second kappa shape index (κ2) is 5.42. The van der Waals surface area contributed by atoms with Crippen LogP contribution in [0.15, 0.2) is 35.2 Å². The molecule has 2 N–H and O–H groups in total. The molecule has 1 aliphatic heterocycles. The molecule has 2 aromatic rings. The summed E-state index contributed by atoms with van der Waals surface area (Å²) >= 11 is 0. The Morgan fingerprint density at radius 1 is 1.40 bits per heavy atom. The van der Waals surface area contributed by atoms with E-state index in [1.165, 1.54) is 6.39 Å². The van der Waals surface area contributed by atoms with Crippen molar-refractivity contribution in [2.75, 3.05) is 13.1 Å². The molecule has 1 saturated heterocycles. The molecule has 2 heterocycles. The standard InChI is InChI=1S/C14H16N4O2/c15-8-12-2-1-7-18(12)14(19)11-5-3-10(4-6-11)13-16-9-20-17-13/h3-6,9,12H,1-2,7-8,15H2/t12-/m0/s1. The van der Waals surface area contributed by atoms with E-state index in [2.05, 4.69) is 10.1 Å². The third-order valence-corrected chi connectivity index (χ3v) is 3.66. The van der Waals surface area contributed by atoms with Crippen molar-refractivity contribution in [2.45, 2.75) is 18.9 Å². The molecular formula is C14H16N4O2. The molecule has 0 bridgehead atoms. The first-order valence-electron chi connectivity index (χ1n) is 6.67. The molecule has 0 radical (unpaired) electrons. The van der Waals surface area contributed by atoms with E-state index in [0.717, 1.165) is 24.9 Å². The van der Waals surface area contributed by atoms with Crippen molar-refractivity contribution in [2.24, 2.45) is 5.73 Å². The van der Waals surface area contributed by atoms with Crippen LogP contribution in [0.5, 0.6) is 0 Å². The maximum Gasteiger partial charge on any atom is 0.254 e. The van der Waals surface area contributed by atoms with Crippen molar-refractivity contribution in [3.8, 4) is 11.4 Å². The Kier molecular flexibility index (Phi) is 3.47. The summed E-state index contributed by atoms with van der Waals surface area (Å²) in [6, 6.07) is 7.40. The van der Waals surface area contributed by atoms with Crippen molar-refractivity contribution in [1.29, 1.82) is 0 Å². The van der Waals surface area contributed by atoms with Gasteiger partial charge in [0.2, 0.25) is 12.2 Å². The number of amides is 1. The second-order valence-electron chi connectivity index (χ2n) is 4.86. The van der Waals surface area contributed by atoms with Crippen molar-refractivity contribution in [3.05, 3.63) is 36.2 Å². The fourth-order valence-corrected chi connectivity index (χ4v) is 2.57. The van der Waals surface area contributed by atoms with Crippen LogP contribution in [0.4, 0.5) is 0 Å². The van der Waals surface area contributed by atoms with Gasteiger partial charge in [-0.05, 0) is 25.0 Å². The van der Waals surface area contributed by atoms with E-state index in [0.29, 0.717) is 17.9 Å². The van der Waals surface area contributed by atoms with E-state index in [1.807, 2.05) is 17.0 Å². The summed E-state index contributed by atoms with van der Waals surface area (Å²) in [5, 5.41) is 3.77. The van der Waals surface area contributed by atoms with Gasteiger partial charge >= 0.3 is 0 Å². The Morgan fingerprint density at radius 2 is 2.20 bits per heavy atom. The summed E-state index contributed by atoms with van der Waals surface area (Å²) in [4.78, 5) is 18.3. The van der Waals surface area contributed by atoms with E-state index < -0.39 is 0 Å². The molecule has 6 heteroatoms. The zero-order valence-corrected chi connectivity index (χ0v) is 11.0. The first kappa shape index (κ1) is 12.8. The van der Waals surface area contributed by atoms with Gasteiger partial charge in [-0.15, -0.1) is 0 Å². The van der Waals surface area contributed by atoms with Crippen LogP contribution in [0, 0.1) is 0 Å². The third-order valence-electron chi connectivity index (χ3n) is 3.66. The molecule has 3 rings (SSSR count). The molecule has 0 saturated carbocycles. The topological polar surface area (TPSA) is 85.2 Å². The number of likely N-dealkylation sites (tertiary alicyclic amines) is 1. The summed E-state index contributed by atoms with van der Waals surface area (Å²) in [7, 11) is 0. The van der Waals surface area contributed by atoms with Gasteiger partial charge in [0, 0.05) is 30.3 Å². The molecule has 0 unspecified atom stereocenters. The van der Waals surface area contributed by atoms with Crippen LogP contribution in [0.25, 0.3) is 11.4 Å². The van der Waals surface area contributed by atoms with Gasteiger partial charge < -0.3 is 15.2 Å². The van der Waals surface area contributed by atoms with Crippen molar-refractivity contribution in [1.82, 2.24) is 15.0 Å². The number of benzene rings is 1. The maximum absolute atomic E-state index is 12.4. The zero-order chi connectivity index (χ0) is 13.9. The lowest BCUT2D eigenvalue weighted by molar-refractivity contribution is 0.0741. The molecule has 0 aliphatic carbocycles. The fourth-order valence-electron chi connectivity index (χ4n) is 2.57. The van der Waals surface area contributed by atoms with E-state index in [9.17, 15) is 4.79 Å². The molecule has 1 amide bonds. The molecule has 1 aromatic carbocycles. The summed E-state index contributed by atoms with van der Waals surface area (Å²) in [5.74, 6) is 0.558. The van der Waals surface area contributed by atoms with Gasteiger partial charge in [-0.3, -0.25) is 4.79 Å². The molecule has 6 nitrogen and oxygen atoms in total. The van der Waals surface area contributed by atoms with Gasteiger partial charge in [-0.2, -0.15) is 4.98 Å². The highest BCUT2D eigenvalue weighted by molar-refractivity contribution is 5.95. The minimum absolute atomic E-state index is 0.0395. The van der Waals surface area contributed by atoms with Gasteiger partial charge in [-0.1, -0.05) is 17.3 Å². The lowest BCUT2D eigenvalue weighted by Gasteiger charge is -2.23. The van der Waals surface area contributed by atoms with E-state index in [-0.39, 0.29) is 11.9 Å². The van der Waals surface area contributed by atoms with Crippen LogP contribution in [0.1, 0.15) is 23.2 Å². The monoisotopic (exact) mass is 272 g/mol.